The number of nitrogens with two attached hydrogens (primary N) is 1. The highest BCUT2D eigenvalue weighted by molar-refractivity contribution is 5.82. The Kier molecular flexibility index (Phi) is 5.23. The molecule has 1 aliphatic carbocycles. The quantitative estimate of drug-likeness (QED) is 0.795. The molecule has 1 fully saturated rings. The molecule has 0 aromatic heterocycles. The number of nitrogens with one attached hydrogen (secondary N) is 1. The van der Waals surface area contributed by atoms with Gasteiger partial charge in [-0.3, -0.25) is 4.79 Å². The second-order valence-corrected chi connectivity index (χ2v) is 6.49. The van der Waals surface area contributed by atoms with Crippen molar-refractivity contribution in [1.29, 1.82) is 0 Å². The highest BCUT2D eigenvalue weighted by Crippen LogP contribution is 2.28. The normalized spacial score (nSPS) is 27.1. The lowest BCUT2D eigenvalue weighted by molar-refractivity contribution is -0.123. The predicted octanol–water partition coefficient (Wildman–Crippen LogP) is 2.20. The zero-order valence-corrected chi connectivity index (χ0v) is 12.9. The lowest BCUT2D eigenvalue weighted by Gasteiger charge is -2.33. The number of hydrogen-bond donors (Lipinski definition) is 3. The minimum atomic E-state index is -0.541. The van der Waals surface area contributed by atoms with Crippen LogP contribution in [0.2, 0.25) is 0 Å². The summed E-state index contributed by atoms with van der Waals surface area (Å²) in [5.41, 5.74) is 6.96. The number of rotatable bonds is 4. The fourth-order valence-electron chi connectivity index (χ4n) is 3.15. The summed E-state index contributed by atoms with van der Waals surface area (Å²) in [6, 6.07) is 6.54. The van der Waals surface area contributed by atoms with Crippen LogP contribution in [0.15, 0.2) is 24.3 Å². The van der Waals surface area contributed by atoms with Crippen molar-refractivity contribution in [3.05, 3.63) is 29.8 Å². The van der Waals surface area contributed by atoms with Crippen molar-refractivity contribution in [1.82, 2.24) is 5.32 Å². The Morgan fingerprint density at radius 3 is 2.62 bits per heavy atom. The Labute approximate surface area is 126 Å². The van der Waals surface area contributed by atoms with Gasteiger partial charge in [-0.05, 0) is 55.2 Å². The Morgan fingerprint density at radius 2 is 2.00 bits per heavy atom. The summed E-state index contributed by atoms with van der Waals surface area (Å²) in [6.07, 6.45) is 3.87. The Bertz CT molecular complexity index is 472. The Morgan fingerprint density at radius 1 is 1.33 bits per heavy atom. The summed E-state index contributed by atoms with van der Waals surface area (Å²) in [4.78, 5) is 12.2. The van der Waals surface area contributed by atoms with Crippen LogP contribution in [0.25, 0.3) is 0 Å². The molecule has 0 bridgehead atoms. The van der Waals surface area contributed by atoms with Crippen LogP contribution in [-0.2, 0) is 11.2 Å². The third-order valence-electron chi connectivity index (χ3n) is 4.49. The molecule has 0 aliphatic heterocycles. The van der Waals surface area contributed by atoms with E-state index in [4.69, 9.17) is 5.73 Å². The molecule has 21 heavy (non-hydrogen) atoms. The fraction of sp³-hybridized carbons (Fsp3) is 0.588. The van der Waals surface area contributed by atoms with Crippen molar-refractivity contribution < 1.29 is 9.90 Å². The van der Waals surface area contributed by atoms with E-state index < -0.39 is 6.04 Å². The average Bonchev–Trinajstić information content (AvgIpc) is 2.44. The molecular weight excluding hydrogens is 264 g/mol. The number of phenols is 1. The van der Waals surface area contributed by atoms with Crippen molar-refractivity contribution >= 4 is 5.91 Å². The maximum atomic E-state index is 12.2. The van der Waals surface area contributed by atoms with Crippen molar-refractivity contribution in [3.63, 3.8) is 0 Å². The van der Waals surface area contributed by atoms with Crippen LogP contribution in [0.5, 0.6) is 5.75 Å². The largest absolute Gasteiger partial charge is 0.508 e. The Balaban J connectivity index is 1.86. The van der Waals surface area contributed by atoms with Crippen LogP contribution in [0.3, 0.4) is 0 Å². The van der Waals surface area contributed by atoms with E-state index in [9.17, 15) is 9.90 Å². The summed E-state index contributed by atoms with van der Waals surface area (Å²) >= 11 is 0. The highest BCUT2D eigenvalue weighted by atomic mass is 16.3. The molecule has 1 aromatic carbocycles. The van der Waals surface area contributed by atoms with Gasteiger partial charge in [-0.25, -0.2) is 0 Å². The standard InChI is InChI=1S/C17H26N2O2/c1-11-3-8-16(12(2)9-11)19-17(21)15(18)10-13-4-6-14(20)7-5-13/h4-7,11-12,15-16,20H,3,8-10,18H2,1-2H3,(H,19,21)/t11?,12?,15-,16?/m1/s1. The van der Waals surface area contributed by atoms with E-state index in [0.29, 0.717) is 12.3 Å². The van der Waals surface area contributed by atoms with Crippen LogP contribution in [0, 0.1) is 11.8 Å². The molecule has 2 rings (SSSR count). The van der Waals surface area contributed by atoms with E-state index in [-0.39, 0.29) is 17.7 Å². The lowest BCUT2D eigenvalue weighted by Crippen LogP contribution is -2.49. The lowest BCUT2D eigenvalue weighted by atomic mass is 9.80. The topological polar surface area (TPSA) is 75.4 Å². The Hall–Kier alpha value is -1.55. The smallest absolute Gasteiger partial charge is 0.237 e. The summed E-state index contributed by atoms with van der Waals surface area (Å²) in [6.45, 7) is 4.47. The first-order chi connectivity index (χ1) is 9.95. The van der Waals surface area contributed by atoms with Crippen molar-refractivity contribution in [2.45, 2.75) is 51.6 Å². The van der Waals surface area contributed by atoms with Gasteiger partial charge in [0.2, 0.25) is 5.91 Å². The van der Waals surface area contributed by atoms with E-state index in [2.05, 4.69) is 19.2 Å². The highest BCUT2D eigenvalue weighted by Gasteiger charge is 2.27. The molecule has 1 aromatic rings. The molecule has 4 heteroatoms. The van der Waals surface area contributed by atoms with Crippen molar-refractivity contribution in [3.8, 4) is 5.75 Å². The molecule has 4 N–H and O–H groups in total. The molecule has 1 aliphatic rings. The van der Waals surface area contributed by atoms with E-state index in [0.717, 1.165) is 24.3 Å². The first kappa shape index (κ1) is 15.8. The van der Waals surface area contributed by atoms with Gasteiger partial charge < -0.3 is 16.2 Å². The van der Waals surface area contributed by atoms with Gasteiger partial charge in [0.15, 0.2) is 0 Å². The van der Waals surface area contributed by atoms with Crippen LogP contribution in [-0.4, -0.2) is 23.1 Å². The molecule has 0 spiro atoms. The summed E-state index contributed by atoms with van der Waals surface area (Å²) in [5.74, 6) is 1.41. The predicted molar refractivity (Wildman–Crippen MR) is 83.9 cm³/mol. The van der Waals surface area contributed by atoms with Gasteiger partial charge in [0.1, 0.15) is 5.75 Å². The number of benzene rings is 1. The summed E-state index contributed by atoms with van der Waals surface area (Å²) in [5, 5.41) is 12.4. The van der Waals surface area contributed by atoms with E-state index in [1.165, 1.54) is 6.42 Å². The van der Waals surface area contributed by atoms with Gasteiger partial charge in [-0.1, -0.05) is 26.0 Å². The number of amides is 1. The molecule has 1 saturated carbocycles. The minimum absolute atomic E-state index is 0.0746. The second-order valence-electron chi connectivity index (χ2n) is 6.49. The van der Waals surface area contributed by atoms with Gasteiger partial charge in [-0.2, -0.15) is 0 Å². The number of carbonyl (C=O) groups excluding carboxylic acids is 1. The molecule has 4 nitrogen and oxygen atoms in total. The molecule has 1 amide bonds. The third kappa shape index (κ3) is 4.46. The van der Waals surface area contributed by atoms with Crippen molar-refractivity contribution in [2.24, 2.45) is 17.6 Å². The molecular formula is C17H26N2O2. The molecule has 0 saturated heterocycles. The number of hydrogen-bond acceptors (Lipinski definition) is 3. The average molecular weight is 290 g/mol. The summed E-state index contributed by atoms with van der Waals surface area (Å²) in [7, 11) is 0. The minimum Gasteiger partial charge on any atom is -0.508 e. The first-order valence-electron chi connectivity index (χ1n) is 7.79. The SMILES string of the molecule is CC1CCC(NC(=O)[C@H](N)Cc2ccc(O)cc2)C(C)C1. The van der Waals surface area contributed by atoms with E-state index >= 15 is 0 Å². The molecule has 3 unspecified atom stereocenters. The number of carbonyl (C=O) groups is 1. The molecule has 4 atom stereocenters. The van der Waals surface area contributed by atoms with Crippen LogP contribution in [0.1, 0.15) is 38.7 Å². The maximum absolute atomic E-state index is 12.2. The monoisotopic (exact) mass is 290 g/mol. The van der Waals surface area contributed by atoms with Crippen LogP contribution >= 0.6 is 0 Å². The number of aromatic hydroxyl groups is 1. The first-order valence-corrected chi connectivity index (χ1v) is 7.79. The van der Waals surface area contributed by atoms with Gasteiger partial charge >= 0.3 is 0 Å². The van der Waals surface area contributed by atoms with Gasteiger partial charge in [0.05, 0.1) is 6.04 Å². The molecule has 116 valence electrons. The zero-order chi connectivity index (χ0) is 15.4. The fourth-order valence-corrected chi connectivity index (χ4v) is 3.15. The van der Waals surface area contributed by atoms with Crippen LogP contribution in [0.4, 0.5) is 0 Å². The molecule has 0 radical (unpaired) electrons. The number of phenolic OH excluding ortho intramolecular Hbond substituents is 1. The third-order valence-corrected chi connectivity index (χ3v) is 4.49. The van der Waals surface area contributed by atoms with E-state index in [1.807, 2.05) is 0 Å². The molecule has 0 heterocycles. The van der Waals surface area contributed by atoms with Crippen molar-refractivity contribution in [2.75, 3.05) is 0 Å². The zero-order valence-electron chi connectivity index (χ0n) is 12.9. The summed E-state index contributed by atoms with van der Waals surface area (Å²) < 4.78 is 0. The van der Waals surface area contributed by atoms with Gasteiger partial charge in [0, 0.05) is 6.04 Å². The second kappa shape index (κ2) is 6.94. The van der Waals surface area contributed by atoms with Gasteiger partial charge in [-0.15, -0.1) is 0 Å². The van der Waals surface area contributed by atoms with Crippen LogP contribution < -0.4 is 11.1 Å². The maximum Gasteiger partial charge on any atom is 0.237 e. The van der Waals surface area contributed by atoms with Gasteiger partial charge in [0.25, 0.3) is 0 Å². The van der Waals surface area contributed by atoms with E-state index in [1.54, 1.807) is 24.3 Å².